The summed E-state index contributed by atoms with van der Waals surface area (Å²) < 4.78 is 15.2. The summed E-state index contributed by atoms with van der Waals surface area (Å²) in [6.07, 6.45) is 0.621. The number of nitrogens with zero attached hydrogens (tertiary/aromatic N) is 3. The summed E-state index contributed by atoms with van der Waals surface area (Å²) in [5.74, 6) is 2.19. The van der Waals surface area contributed by atoms with E-state index >= 15 is 0 Å². The number of rotatable bonds is 9. The van der Waals surface area contributed by atoms with Gasteiger partial charge in [-0.05, 0) is 0 Å². The van der Waals surface area contributed by atoms with E-state index in [1.54, 1.807) is 7.11 Å². The molecule has 0 atom stereocenters. The lowest BCUT2D eigenvalue weighted by Crippen LogP contribution is -2.05. The van der Waals surface area contributed by atoms with E-state index in [-0.39, 0.29) is 0 Å². The molecule has 7 heteroatoms. The van der Waals surface area contributed by atoms with Crippen LogP contribution >= 0.6 is 11.8 Å². The van der Waals surface area contributed by atoms with Gasteiger partial charge in [0.05, 0.1) is 37.4 Å². The first-order valence-corrected chi connectivity index (χ1v) is 6.35. The zero-order chi connectivity index (χ0) is 12.3. The summed E-state index contributed by atoms with van der Waals surface area (Å²) in [6.45, 7) is 1.70. The molecule has 0 amide bonds. The Bertz CT molecular complexity index is 351. The van der Waals surface area contributed by atoms with Crippen LogP contribution in [-0.4, -0.2) is 42.8 Å². The zero-order valence-corrected chi connectivity index (χ0v) is 10.5. The van der Waals surface area contributed by atoms with Crippen LogP contribution in [0.4, 0.5) is 0 Å². The van der Waals surface area contributed by atoms with Gasteiger partial charge in [-0.1, -0.05) is 5.16 Å². The Labute approximate surface area is 104 Å². The van der Waals surface area contributed by atoms with Gasteiger partial charge in [0.15, 0.2) is 5.82 Å². The van der Waals surface area contributed by atoms with Crippen molar-refractivity contribution >= 4 is 11.8 Å². The van der Waals surface area contributed by atoms with Gasteiger partial charge in [-0.2, -0.15) is 10.2 Å². The summed E-state index contributed by atoms with van der Waals surface area (Å²) in [5, 5.41) is 12.2. The van der Waals surface area contributed by atoms with Crippen LogP contribution in [0.25, 0.3) is 0 Å². The van der Waals surface area contributed by atoms with Crippen LogP contribution in [0.1, 0.15) is 11.7 Å². The highest BCUT2D eigenvalue weighted by Gasteiger charge is 2.05. The third kappa shape index (κ3) is 6.26. The van der Waals surface area contributed by atoms with E-state index in [2.05, 4.69) is 10.1 Å². The van der Waals surface area contributed by atoms with Gasteiger partial charge in [-0.15, -0.1) is 11.8 Å². The number of thioether (sulfide) groups is 1. The normalized spacial score (nSPS) is 10.4. The quantitative estimate of drug-likeness (QED) is 0.611. The predicted octanol–water partition coefficient (Wildman–Crippen LogP) is 1.03. The van der Waals surface area contributed by atoms with Crippen LogP contribution in [0.5, 0.6) is 0 Å². The average molecular weight is 257 g/mol. The van der Waals surface area contributed by atoms with E-state index in [9.17, 15) is 0 Å². The van der Waals surface area contributed by atoms with Gasteiger partial charge < -0.3 is 14.0 Å². The summed E-state index contributed by atoms with van der Waals surface area (Å²) in [4.78, 5) is 4.18. The van der Waals surface area contributed by atoms with Crippen molar-refractivity contribution in [3.8, 4) is 6.07 Å². The van der Waals surface area contributed by atoms with Crippen LogP contribution in [0.15, 0.2) is 4.52 Å². The van der Waals surface area contributed by atoms with Crippen molar-refractivity contribution in [2.75, 3.05) is 32.7 Å². The van der Waals surface area contributed by atoms with E-state index in [4.69, 9.17) is 19.3 Å². The lowest BCUT2D eigenvalue weighted by Gasteiger charge is -1.99. The van der Waals surface area contributed by atoms with Crippen LogP contribution < -0.4 is 0 Å². The predicted molar refractivity (Wildman–Crippen MR) is 62.5 cm³/mol. The largest absolute Gasteiger partial charge is 0.382 e. The fourth-order valence-electron chi connectivity index (χ4n) is 1.04. The van der Waals surface area contributed by atoms with Gasteiger partial charge in [0.2, 0.25) is 5.89 Å². The maximum absolute atomic E-state index is 8.37. The van der Waals surface area contributed by atoms with Crippen molar-refractivity contribution in [3.63, 3.8) is 0 Å². The zero-order valence-electron chi connectivity index (χ0n) is 9.72. The highest BCUT2D eigenvalue weighted by atomic mass is 32.2. The van der Waals surface area contributed by atoms with Crippen LogP contribution in [0.2, 0.25) is 0 Å². The van der Waals surface area contributed by atoms with Crippen molar-refractivity contribution in [2.45, 2.75) is 12.2 Å². The van der Waals surface area contributed by atoms with Gasteiger partial charge in [-0.25, -0.2) is 0 Å². The van der Waals surface area contributed by atoms with Crippen molar-refractivity contribution in [2.24, 2.45) is 0 Å². The summed E-state index contributed by atoms with van der Waals surface area (Å²) in [7, 11) is 1.63. The molecule has 0 N–H and O–H groups in total. The van der Waals surface area contributed by atoms with Crippen molar-refractivity contribution in [1.29, 1.82) is 5.26 Å². The minimum atomic E-state index is 0.428. The molecule has 1 heterocycles. The highest BCUT2D eigenvalue weighted by molar-refractivity contribution is 7.98. The second-order valence-electron chi connectivity index (χ2n) is 3.11. The maximum atomic E-state index is 8.37. The third-order valence-electron chi connectivity index (χ3n) is 1.80. The molecule has 6 nitrogen and oxygen atoms in total. The number of hydrogen-bond donors (Lipinski definition) is 0. The topological polar surface area (TPSA) is 81.2 Å². The molecular weight excluding hydrogens is 242 g/mol. The highest BCUT2D eigenvalue weighted by Crippen LogP contribution is 2.09. The molecule has 0 bridgehead atoms. The van der Waals surface area contributed by atoms with E-state index in [0.29, 0.717) is 49.5 Å². The first-order valence-electron chi connectivity index (χ1n) is 5.19. The molecule has 1 aromatic rings. The van der Waals surface area contributed by atoms with E-state index in [1.165, 1.54) is 11.8 Å². The second-order valence-corrected chi connectivity index (χ2v) is 4.10. The number of methoxy groups -OCH3 is 1. The third-order valence-corrected chi connectivity index (χ3v) is 2.59. The summed E-state index contributed by atoms with van der Waals surface area (Å²) >= 11 is 1.45. The molecule has 1 rings (SSSR count). The molecule has 0 unspecified atom stereocenters. The molecule has 0 radical (unpaired) electrons. The Hall–Kier alpha value is -1.10. The smallest absolute Gasteiger partial charge is 0.236 e. The Morgan fingerprint density at radius 3 is 3.06 bits per heavy atom. The average Bonchev–Trinajstić information content (AvgIpc) is 2.77. The Kier molecular flexibility index (Phi) is 7.38. The van der Waals surface area contributed by atoms with E-state index in [0.717, 1.165) is 0 Å². The first-order chi connectivity index (χ1) is 8.36. The number of ether oxygens (including phenoxy) is 2. The second kappa shape index (κ2) is 8.98. The number of aromatic nitrogens is 2. The molecule has 0 aliphatic heterocycles. The van der Waals surface area contributed by atoms with Crippen LogP contribution in [0, 0.1) is 11.3 Å². The molecule has 17 heavy (non-hydrogen) atoms. The molecule has 0 saturated carbocycles. The lowest BCUT2D eigenvalue weighted by molar-refractivity contribution is 0.0714. The van der Waals surface area contributed by atoms with Crippen LogP contribution in [0.3, 0.4) is 0 Å². The first kappa shape index (κ1) is 14.0. The molecule has 0 aliphatic carbocycles. The Morgan fingerprint density at radius 1 is 1.41 bits per heavy atom. The Balaban J connectivity index is 2.15. The number of hydrogen-bond acceptors (Lipinski definition) is 7. The molecule has 1 aromatic heterocycles. The molecule has 0 spiro atoms. The molecule has 0 saturated heterocycles. The molecule has 0 aliphatic rings. The van der Waals surface area contributed by atoms with Crippen LogP contribution in [-0.2, 0) is 21.6 Å². The van der Waals surface area contributed by atoms with Gasteiger partial charge in [-0.3, -0.25) is 0 Å². The summed E-state index contributed by atoms with van der Waals surface area (Å²) in [6, 6.07) is 2.04. The van der Waals surface area contributed by atoms with E-state index < -0.39 is 0 Å². The lowest BCUT2D eigenvalue weighted by atomic mass is 10.4. The standard InChI is InChI=1S/C10H15N3O3S/c1-14-5-6-15-4-2-9-12-10(16-13-9)8-17-7-3-11/h2,4-8H2,1H3. The van der Waals surface area contributed by atoms with Crippen molar-refractivity contribution in [3.05, 3.63) is 11.7 Å². The fraction of sp³-hybridized carbons (Fsp3) is 0.700. The van der Waals surface area contributed by atoms with Gasteiger partial charge in [0.1, 0.15) is 0 Å². The molecule has 0 aromatic carbocycles. The minimum Gasteiger partial charge on any atom is -0.382 e. The van der Waals surface area contributed by atoms with Gasteiger partial charge in [0, 0.05) is 13.5 Å². The number of nitriles is 1. The maximum Gasteiger partial charge on any atom is 0.236 e. The van der Waals surface area contributed by atoms with Crippen molar-refractivity contribution < 1.29 is 14.0 Å². The Morgan fingerprint density at radius 2 is 2.29 bits per heavy atom. The molecule has 94 valence electrons. The minimum absolute atomic E-state index is 0.428. The van der Waals surface area contributed by atoms with E-state index in [1.807, 2.05) is 6.07 Å². The fourth-order valence-corrected chi connectivity index (χ4v) is 1.53. The molecular formula is C10H15N3O3S. The van der Waals surface area contributed by atoms with Crippen molar-refractivity contribution in [1.82, 2.24) is 10.1 Å². The molecule has 0 fully saturated rings. The van der Waals surface area contributed by atoms with Gasteiger partial charge >= 0.3 is 0 Å². The summed E-state index contributed by atoms with van der Waals surface area (Å²) in [5.41, 5.74) is 0. The van der Waals surface area contributed by atoms with Gasteiger partial charge in [0.25, 0.3) is 0 Å². The SMILES string of the molecule is COCCOCCc1noc(CSCC#N)n1. The monoisotopic (exact) mass is 257 g/mol.